The quantitative estimate of drug-likeness (QED) is 0.215. The van der Waals surface area contributed by atoms with E-state index in [1.807, 2.05) is 60.3 Å². The van der Waals surface area contributed by atoms with E-state index in [0.29, 0.717) is 35.9 Å². The van der Waals surface area contributed by atoms with Crippen molar-refractivity contribution in [2.75, 3.05) is 36.9 Å². The van der Waals surface area contributed by atoms with E-state index in [2.05, 4.69) is 54.9 Å². The summed E-state index contributed by atoms with van der Waals surface area (Å²) in [7, 11) is 0. The minimum absolute atomic E-state index is 0.200. The SMILES string of the molecule is CCOc1cc2ncnc(Nc3ccc4c(cnn4Cc4ccccc4)c3)c2cc1NC(=O)C=CCN1CCCC1. The molecule has 2 aromatic heterocycles. The predicted molar refractivity (Wildman–Crippen MR) is 163 cm³/mol. The molecular formula is C32H33N7O2. The number of rotatable bonds is 10. The minimum atomic E-state index is -0.200. The van der Waals surface area contributed by atoms with Crippen molar-refractivity contribution in [2.24, 2.45) is 0 Å². The van der Waals surface area contributed by atoms with Gasteiger partial charge in [-0.1, -0.05) is 36.4 Å². The molecule has 1 fully saturated rings. The Balaban J connectivity index is 1.24. The van der Waals surface area contributed by atoms with Crippen LogP contribution in [0, 0.1) is 0 Å². The summed E-state index contributed by atoms with van der Waals surface area (Å²) in [6.45, 7) is 6.04. The Morgan fingerprint density at radius 2 is 1.90 bits per heavy atom. The normalized spacial score (nSPS) is 13.8. The van der Waals surface area contributed by atoms with Crippen molar-refractivity contribution >= 4 is 44.9 Å². The number of carbonyl (C=O) groups excluding carboxylic acids is 1. The number of nitrogens with zero attached hydrogens (tertiary/aromatic N) is 5. The zero-order chi connectivity index (χ0) is 28.0. The standard InChI is InChI=1S/C32H33N7O2/c1-2-41-30-19-27-26(18-28(30)37-31(40)11-8-16-38-14-6-7-15-38)32(34-22-33-27)36-25-12-13-29-24(17-25)20-35-39(29)21-23-9-4-3-5-10-23/h3-5,8-13,17-20,22H,2,6-7,14-16,21H2,1H3,(H,37,40)(H,33,34,36). The highest BCUT2D eigenvalue weighted by Gasteiger charge is 2.14. The smallest absolute Gasteiger partial charge is 0.248 e. The molecule has 1 aliphatic heterocycles. The molecule has 1 saturated heterocycles. The summed E-state index contributed by atoms with van der Waals surface area (Å²) >= 11 is 0. The highest BCUT2D eigenvalue weighted by atomic mass is 16.5. The van der Waals surface area contributed by atoms with Crippen LogP contribution in [0.3, 0.4) is 0 Å². The van der Waals surface area contributed by atoms with Gasteiger partial charge in [0.25, 0.3) is 0 Å². The van der Waals surface area contributed by atoms with Gasteiger partial charge in [0.1, 0.15) is 17.9 Å². The molecule has 0 spiro atoms. The maximum absolute atomic E-state index is 12.8. The number of anilines is 3. The summed E-state index contributed by atoms with van der Waals surface area (Å²) in [4.78, 5) is 24.1. The van der Waals surface area contributed by atoms with E-state index in [0.717, 1.165) is 41.6 Å². The van der Waals surface area contributed by atoms with Crippen molar-refractivity contribution in [3.05, 3.63) is 90.9 Å². The van der Waals surface area contributed by atoms with Crippen LogP contribution in [-0.2, 0) is 11.3 Å². The molecule has 0 unspecified atom stereocenters. The fourth-order valence-corrected chi connectivity index (χ4v) is 5.19. The number of likely N-dealkylation sites (tertiary alicyclic amines) is 1. The first-order valence-corrected chi connectivity index (χ1v) is 14.0. The Morgan fingerprint density at radius 3 is 2.73 bits per heavy atom. The number of hydrogen-bond donors (Lipinski definition) is 2. The molecule has 9 heteroatoms. The molecule has 2 N–H and O–H groups in total. The second-order valence-electron chi connectivity index (χ2n) is 10.1. The lowest BCUT2D eigenvalue weighted by Crippen LogP contribution is -2.19. The molecule has 41 heavy (non-hydrogen) atoms. The molecule has 3 aromatic carbocycles. The van der Waals surface area contributed by atoms with E-state index >= 15 is 0 Å². The first-order valence-electron chi connectivity index (χ1n) is 14.0. The largest absolute Gasteiger partial charge is 0.492 e. The molecule has 208 valence electrons. The second kappa shape index (κ2) is 12.2. The molecule has 6 rings (SSSR count). The average Bonchev–Trinajstić information content (AvgIpc) is 3.64. The average molecular weight is 548 g/mol. The minimum Gasteiger partial charge on any atom is -0.492 e. The fraction of sp³-hybridized carbons (Fsp3) is 0.250. The van der Waals surface area contributed by atoms with Crippen molar-refractivity contribution in [1.29, 1.82) is 0 Å². The van der Waals surface area contributed by atoms with E-state index in [1.54, 1.807) is 6.08 Å². The summed E-state index contributed by atoms with van der Waals surface area (Å²) in [6, 6.07) is 20.1. The van der Waals surface area contributed by atoms with Gasteiger partial charge in [-0.2, -0.15) is 5.10 Å². The summed E-state index contributed by atoms with van der Waals surface area (Å²) in [5.41, 5.74) is 4.41. The summed E-state index contributed by atoms with van der Waals surface area (Å²) in [6.07, 6.45) is 9.34. The van der Waals surface area contributed by atoms with Gasteiger partial charge < -0.3 is 15.4 Å². The third-order valence-corrected chi connectivity index (χ3v) is 7.21. The van der Waals surface area contributed by atoms with Crippen LogP contribution in [0.15, 0.2) is 85.3 Å². The number of carbonyl (C=O) groups is 1. The fourth-order valence-electron chi connectivity index (χ4n) is 5.19. The number of aromatic nitrogens is 4. The molecule has 1 amide bonds. The second-order valence-corrected chi connectivity index (χ2v) is 10.1. The van der Waals surface area contributed by atoms with Crippen LogP contribution in [0.1, 0.15) is 25.3 Å². The maximum atomic E-state index is 12.8. The summed E-state index contributed by atoms with van der Waals surface area (Å²) in [5.74, 6) is 1.00. The molecule has 0 atom stereocenters. The Kier molecular flexibility index (Phi) is 7.86. The van der Waals surface area contributed by atoms with Crippen molar-refractivity contribution in [1.82, 2.24) is 24.6 Å². The van der Waals surface area contributed by atoms with Gasteiger partial charge in [-0.15, -0.1) is 0 Å². The highest BCUT2D eigenvalue weighted by molar-refractivity contribution is 6.03. The highest BCUT2D eigenvalue weighted by Crippen LogP contribution is 2.34. The lowest BCUT2D eigenvalue weighted by molar-refractivity contribution is -0.111. The van der Waals surface area contributed by atoms with Crippen LogP contribution < -0.4 is 15.4 Å². The van der Waals surface area contributed by atoms with Gasteiger partial charge in [0.15, 0.2) is 0 Å². The van der Waals surface area contributed by atoms with E-state index in [4.69, 9.17) is 4.74 Å². The molecule has 0 aliphatic carbocycles. The van der Waals surface area contributed by atoms with Crippen molar-refractivity contribution in [3.63, 3.8) is 0 Å². The van der Waals surface area contributed by atoms with E-state index in [-0.39, 0.29) is 5.91 Å². The van der Waals surface area contributed by atoms with Crippen LogP contribution in [0.4, 0.5) is 17.2 Å². The Bertz CT molecular complexity index is 1690. The molecule has 1 aliphatic rings. The van der Waals surface area contributed by atoms with Crippen molar-refractivity contribution in [2.45, 2.75) is 26.3 Å². The van der Waals surface area contributed by atoms with Crippen LogP contribution in [0.2, 0.25) is 0 Å². The zero-order valence-corrected chi connectivity index (χ0v) is 23.1. The first-order chi connectivity index (χ1) is 20.2. The van der Waals surface area contributed by atoms with Gasteiger partial charge in [-0.05, 0) is 62.7 Å². The molecule has 0 saturated carbocycles. The number of nitrogens with one attached hydrogen (secondary N) is 2. The van der Waals surface area contributed by atoms with Crippen molar-refractivity contribution < 1.29 is 9.53 Å². The third kappa shape index (κ3) is 6.20. The lowest BCUT2D eigenvalue weighted by Gasteiger charge is -2.14. The van der Waals surface area contributed by atoms with Gasteiger partial charge in [-0.25, -0.2) is 9.97 Å². The number of amides is 1. The van der Waals surface area contributed by atoms with Gasteiger partial charge in [0.2, 0.25) is 5.91 Å². The van der Waals surface area contributed by atoms with Crippen LogP contribution >= 0.6 is 0 Å². The topological polar surface area (TPSA) is 97.2 Å². The molecule has 0 radical (unpaired) electrons. The first kappa shape index (κ1) is 26.5. The number of hydrogen-bond acceptors (Lipinski definition) is 7. The summed E-state index contributed by atoms with van der Waals surface area (Å²) < 4.78 is 7.84. The molecule has 5 aromatic rings. The van der Waals surface area contributed by atoms with Crippen LogP contribution in [0.5, 0.6) is 5.75 Å². The third-order valence-electron chi connectivity index (χ3n) is 7.21. The van der Waals surface area contributed by atoms with Gasteiger partial charge in [0, 0.05) is 35.1 Å². The number of benzene rings is 3. The van der Waals surface area contributed by atoms with Crippen molar-refractivity contribution in [3.8, 4) is 5.75 Å². The lowest BCUT2D eigenvalue weighted by atomic mass is 10.1. The van der Waals surface area contributed by atoms with E-state index in [1.165, 1.54) is 24.7 Å². The molecular weight excluding hydrogens is 514 g/mol. The number of ether oxygens (including phenoxy) is 1. The van der Waals surface area contributed by atoms with E-state index < -0.39 is 0 Å². The Morgan fingerprint density at radius 1 is 1.05 bits per heavy atom. The Labute approximate surface area is 238 Å². The van der Waals surface area contributed by atoms with E-state index in [9.17, 15) is 4.79 Å². The monoisotopic (exact) mass is 547 g/mol. The van der Waals surface area contributed by atoms with Crippen LogP contribution in [0.25, 0.3) is 21.8 Å². The maximum Gasteiger partial charge on any atom is 0.248 e. The van der Waals surface area contributed by atoms with Gasteiger partial charge in [0.05, 0.1) is 36.1 Å². The molecule has 3 heterocycles. The molecule has 9 nitrogen and oxygen atoms in total. The Hall–Kier alpha value is -4.76. The van der Waals surface area contributed by atoms with Crippen LogP contribution in [-0.4, -0.2) is 56.8 Å². The predicted octanol–water partition coefficient (Wildman–Crippen LogP) is 5.76. The van der Waals surface area contributed by atoms with Gasteiger partial charge in [-0.3, -0.25) is 14.4 Å². The zero-order valence-electron chi connectivity index (χ0n) is 23.1. The van der Waals surface area contributed by atoms with Gasteiger partial charge >= 0.3 is 0 Å². The number of fused-ring (bicyclic) bond motifs is 2. The molecule has 0 bridgehead atoms. The summed E-state index contributed by atoms with van der Waals surface area (Å²) in [5, 5.41) is 12.8.